The summed E-state index contributed by atoms with van der Waals surface area (Å²) in [6.45, 7) is 6.94. The second-order valence-corrected chi connectivity index (χ2v) is 7.50. The molecule has 0 aliphatic heterocycles. The van der Waals surface area contributed by atoms with E-state index in [1.807, 2.05) is 20.8 Å². The van der Waals surface area contributed by atoms with Crippen LogP contribution in [0.4, 0.5) is 0 Å². The third kappa shape index (κ3) is 10.5. The van der Waals surface area contributed by atoms with Gasteiger partial charge >= 0.3 is 0 Å². The van der Waals surface area contributed by atoms with E-state index < -0.39 is 0 Å². The number of rotatable bonds is 12. The molecule has 1 aliphatic rings. The Kier molecular flexibility index (Phi) is 11.2. The summed E-state index contributed by atoms with van der Waals surface area (Å²) >= 11 is 0. The molecule has 0 bridgehead atoms. The van der Waals surface area contributed by atoms with Crippen LogP contribution < -0.4 is 10.6 Å². The molecule has 0 aromatic rings. The molecule has 2 N–H and O–H groups in total. The van der Waals surface area contributed by atoms with Gasteiger partial charge in [-0.25, -0.2) is 0 Å². The van der Waals surface area contributed by atoms with Crippen molar-refractivity contribution in [2.75, 3.05) is 13.2 Å². The standard InChI is InChI=1S/C20H36N2O4/c1-4-18(23)6-5-7-20(25)22-17-10-8-16(9-11-17)14-21-19(24)12-13-26-15(2)3/h15-17H,4-14H2,1-3H3,(H,21,24)(H,22,25). The number of Topliss-reactive ketones (excluding diaryl/α,β-unsaturated/α-hetero) is 1. The van der Waals surface area contributed by atoms with Crippen LogP contribution in [0.3, 0.4) is 0 Å². The average Bonchev–Trinajstić information content (AvgIpc) is 2.60. The molecule has 1 fully saturated rings. The minimum Gasteiger partial charge on any atom is -0.378 e. The molecule has 26 heavy (non-hydrogen) atoms. The van der Waals surface area contributed by atoms with E-state index in [9.17, 15) is 14.4 Å². The van der Waals surface area contributed by atoms with Gasteiger partial charge in [-0.2, -0.15) is 0 Å². The number of nitrogens with one attached hydrogen (secondary N) is 2. The Morgan fingerprint density at radius 3 is 2.31 bits per heavy atom. The van der Waals surface area contributed by atoms with Crippen LogP contribution in [-0.4, -0.2) is 42.9 Å². The maximum absolute atomic E-state index is 11.9. The fourth-order valence-corrected chi connectivity index (χ4v) is 3.17. The zero-order chi connectivity index (χ0) is 19.4. The predicted molar refractivity (Wildman–Crippen MR) is 102 cm³/mol. The highest BCUT2D eigenvalue weighted by Crippen LogP contribution is 2.23. The highest BCUT2D eigenvalue weighted by molar-refractivity contribution is 5.80. The van der Waals surface area contributed by atoms with Crippen molar-refractivity contribution in [3.63, 3.8) is 0 Å². The second kappa shape index (κ2) is 12.8. The summed E-state index contributed by atoms with van der Waals surface area (Å²) in [5, 5.41) is 6.07. The van der Waals surface area contributed by atoms with Gasteiger partial charge in [0.2, 0.25) is 11.8 Å². The molecule has 0 saturated heterocycles. The van der Waals surface area contributed by atoms with Crippen molar-refractivity contribution < 1.29 is 19.1 Å². The summed E-state index contributed by atoms with van der Waals surface area (Å²) in [7, 11) is 0. The van der Waals surface area contributed by atoms with E-state index in [4.69, 9.17) is 4.74 Å². The molecule has 1 saturated carbocycles. The monoisotopic (exact) mass is 368 g/mol. The third-order valence-corrected chi connectivity index (χ3v) is 4.83. The minimum atomic E-state index is 0.0442. The van der Waals surface area contributed by atoms with Gasteiger partial charge in [0.05, 0.1) is 12.7 Å². The normalized spacial score (nSPS) is 20.0. The number of carbonyl (C=O) groups excluding carboxylic acids is 3. The lowest BCUT2D eigenvalue weighted by Crippen LogP contribution is -2.39. The first-order chi connectivity index (χ1) is 12.4. The number of amides is 2. The molecule has 1 rings (SSSR count). The van der Waals surface area contributed by atoms with Crippen LogP contribution in [0.1, 0.15) is 78.6 Å². The van der Waals surface area contributed by atoms with Crippen LogP contribution in [-0.2, 0) is 19.1 Å². The molecule has 0 radical (unpaired) electrons. The SMILES string of the molecule is CCC(=O)CCCC(=O)NC1CCC(CNC(=O)CCOC(C)C)CC1. The number of hydrogen-bond acceptors (Lipinski definition) is 4. The lowest BCUT2D eigenvalue weighted by atomic mass is 9.86. The first kappa shape index (κ1) is 22.6. The van der Waals surface area contributed by atoms with Crippen molar-refractivity contribution in [2.24, 2.45) is 5.92 Å². The predicted octanol–water partition coefficient (Wildman–Crippen LogP) is 2.74. The van der Waals surface area contributed by atoms with Crippen LogP contribution in [0, 0.1) is 5.92 Å². The summed E-state index contributed by atoms with van der Waals surface area (Å²) in [6, 6.07) is 0.232. The van der Waals surface area contributed by atoms with Crippen molar-refractivity contribution in [3.8, 4) is 0 Å². The molecule has 0 atom stereocenters. The van der Waals surface area contributed by atoms with Gasteiger partial charge in [-0.1, -0.05) is 6.92 Å². The summed E-state index contributed by atoms with van der Waals surface area (Å²) < 4.78 is 5.38. The van der Waals surface area contributed by atoms with E-state index in [0.717, 1.165) is 25.7 Å². The molecule has 6 nitrogen and oxygen atoms in total. The lowest BCUT2D eigenvalue weighted by Gasteiger charge is -2.29. The molecule has 150 valence electrons. The van der Waals surface area contributed by atoms with Crippen LogP contribution in [0.15, 0.2) is 0 Å². The molecular formula is C20H36N2O4. The largest absolute Gasteiger partial charge is 0.378 e. The van der Waals surface area contributed by atoms with Gasteiger partial charge in [-0.05, 0) is 51.9 Å². The highest BCUT2D eigenvalue weighted by atomic mass is 16.5. The van der Waals surface area contributed by atoms with Crippen LogP contribution in [0.5, 0.6) is 0 Å². The average molecular weight is 369 g/mol. The Bertz CT molecular complexity index is 443. The Hall–Kier alpha value is -1.43. The number of carbonyl (C=O) groups is 3. The Morgan fingerprint density at radius 2 is 1.69 bits per heavy atom. The van der Waals surface area contributed by atoms with Crippen LogP contribution >= 0.6 is 0 Å². The molecule has 0 unspecified atom stereocenters. The van der Waals surface area contributed by atoms with Gasteiger partial charge in [-0.3, -0.25) is 14.4 Å². The van der Waals surface area contributed by atoms with Gasteiger partial charge in [0.15, 0.2) is 0 Å². The van der Waals surface area contributed by atoms with Gasteiger partial charge in [0.25, 0.3) is 0 Å². The summed E-state index contributed by atoms with van der Waals surface area (Å²) in [5.41, 5.74) is 0. The van der Waals surface area contributed by atoms with Crippen molar-refractivity contribution >= 4 is 17.6 Å². The third-order valence-electron chi connectivity index (χ3n) is 4.83. The van der Waals surface area contributed by atoms with Crippen LogP contribution in [0.2, 0.25) is 0 Å². The fourth-order valence-electron chi connectivity index (χ4n) is 3.17. The van der Waals surface area contributed by atoms with Crippen molar-refractivity contribution in [3.05, 3.63) is 0 Å². The number of ether oxygens (including phenoxy) is 1. The molecule has 1 aliphatic carbocycles. The van der Waals surface area contributed by atoms with E-state index in [1.165, 1.54) is 0 Å². The first-order valence-electron chi connectivity index (χ1n) is 10.1. The molecule has 0 spiro atoms. The lowest BCUT2D eigenvalue weighted by molar-refractivity contribution is -0.123. The zero-order valence-electron chi connectivity index (χ0n) is 16.6. The van der Waals surface area contributed by atoms with Crippen molar-refractivity contribution in [1.82, 2.24) is 10.6 Å². The number of ketones is 1. The summed E-state index contributed by atoms with van der Waals surface area (Å²) in [4.78, 5) is 35.0. The number of hydrogen-bond donors (Lipinski definition) is 2. The van der Waals surface area contributed by atoms with E-state index in [0.29, 0.717) is 51.2 Å². The fraction of sp³-hybridized carbons (Fsp3) is 0.850. The molecule has 0 heterocycles. The maximum atomic E-state index is 11.9. The van der Waals surface area contributed by atoms with Gasteiger partial charge < -0.3 is 15.4 Å². The van der Waals surface area contributed by atoms with E-state index in [2.05, 4.69) is 10.6 Å². The van der Waals surface area contributed by atoms with Crippen LogP contribution in [0.25, 0.3) is 0 Å². The Balaban J connectivity index is 2.09. The summed E-state index contributed by atoms with van der Waals surface area (Å²) in [5.74, 6) is 0.801. The van der Waals surface area contributed by atoms with Crippen molar-refractivity contribution in [2.45, 2.75) is 90.7 Å². The molecule has 6 heteroatoms. The topological polar surface area (TPSA) is 84.5 Å². The minimum absolute atomic E-state index is 0.0442. The van der Waals surface area contributed by atoms with Crippen molar-refractivity contribution in [1.29, 1.82) is 0 Å². The van der Waals surface area contributed by atoms with E-state index >= 15 is 0 Å². The Morgan fingerprint density at radius 1 is 1.00 bits per heavy atom. The second-order valence-electron chi connectivity index (χ2n) is 7.50. The van der Waals surface area contributed by atoms with E-state index in [-0.39, 0.29) is 29.7 Å². The van der Waals surface area contributed by atoms with E-state index in [1.54, 1.807) is 0 Å². The molecular weight excluding hydrogens is 332 g/mol. The quantitative estimate of drug-likeness (QED) is 0.555. The van der Waals surface area contributed by atoms with Gasteiger partial charge in [0, 0.05) is 38.3 Å². The molecule has 0 aromatic heterocycles. The Labute approximate surface area is 157 Å². The molecule has 2 amide bonds. The highest BCUT2D eigenvalue weighted by Gasteiger charge is 2.22. The smallest absolute Gasteiger partial charge is 0.222 e. The zero-order valence-corrected chi connectivity index (χ0v) is 16.6. The summed E-state index contributed by atoms with van der Waals surface area (Å²) in [6.07, 6.45) is 6.62. The molecule has 0 aromatic carbocycles. The van der Waals surface area contributed by atoms with Gasteiger partial charge in [-0.15, -0.1) is 0 Å². The van der Waals surface area contributed by atoms with Gasteiger partial charge in [0.1, 0.15) is 5.78 Å². The first-order valence-corrected chi connectivity index (χ1v) is 10.1. The maximum Gasteiger partial charge on any atom is 0.222 e.